The number of carbonyl (C=O) groups excluding carboxylic acids is 1. The van der Waals surface area contributed by atoms with Gasteiger partial charge in [-0.05, 0) is 48.6 Å². The Kier molecular flexibility index (Phi) is 1.91. The Morgan fingerprint density at radius 2 is 2.00 bits per heavy atom. The molecule has 4 rings (SSSR count). The fourth-order valence-electron chi connectivity index (χ4n) is 4.36. The topological polar surface area (TPSA) is 29.1 Å². The number of anilines is 1. The average molecular weight is 227 g/mol. The van der Waals surface area contributed by atoms with Crippen molar-refractivity contribution in [2.24, 2.45) is 17.8 Å². The van der Waals surface area contributed by atoms with Gasteiger partial charge < -0.3 is 5.32 Å². The number of rotatable bonds is 1. The summed E-state index contributed by atoms with van der Waals surface area (Å²) in [6.07, 6.45) is 5.39. The van der Waals surface area contributed by atoms with Crippen LogP contribution in [-0.4, -0.2) is 5.91 Å². The van der Waals surface area contributed by atoms with Crippen molar-refractivity contribution in [3.63, 3.8) is 0 Å². The summed E-state index contributed by atoms with van der Waals surface area (Å²) in [7, 11) is 0. The van der Waals surface area contributed by atoms with Gasteiger partial charge in [-0.15, -0.1) is 0 Å². The van der Waals surface area contributed by atoms with Gasteiger partial charge in [0.1, 0.15) is 0 Å². The van der Waals surface area contributed by atoms with Crippen LogP contribution < -0.4 is 5.32 Å². The molecule has 0 aromatic heterocycles. The Balaban J connectivity index is 1.72. The summed E-state index contributed by atoms with van der Waals surface area (Å²) in [5.41, 5.74) is 2.29. The smallest absolute Gasteiger partial charge is 0.232 e. The van der Waals surface area contributed by atoms with Gasteiger partial charge in [-0.25, -0.2) is 0 Å². The maximum atomic E-state index is 12.2. The van der Waals surface area contributed by atoms with E-state index in [2.05, 4.69) is 17.4 Å². The highest BCUT2D eigenvalue weighted by molar-refractivity contribution is 6.03. The number of carbonyl (C=O) groups is 1. The van der Waals surface area contributed by atoms with E-state index in [-0.39, 0.29) is 11.8 Å². The first-order valence-corrected chi connectivity index (χ1v) is 6.72. The van der Waals surface area contributed by atoms with E-state index in [4.69, 9.17) is 0 Å². The molecule has 0 radical (unpaired) electrons. The molecule has 2 bridgehead atoms. The molecule has 4 unspecified atom stereocenters. The minimum absolute atomic E-state index is 0.140. The first kappa shape index (κ1) is 9.69. The van der Waals surface area contributed by atoms with E-state index in [1.807, 2.05) is 12.1 Å². The molecule has 2 saturated carbocycles. The molecule has 1 amide bonds. The van der Waals surface area contributed by atoms with Crippen LogP contribution in [0.2, 0.25) is 0 Å². The highest BCUT2D eigenvalue weighted by Gasteiger charge is 2.47. The lowest BCUT2D eigenvalue weighted by molar-refractivity contribution is -0.118. The molecular weight excluding hydrogens is 210 g/mol. The molecule has 0 saturated heterocycles. The van der Waals surface area contributed by atoms with Crippen molar-refractivity contribution in [1.82, 2.24) is 0 Å². The molecule has 0 spiro atoms. The normalized spacial score (nSPS) is 38.2. The number of benzene rings is 1. The molecule has 2 nitrogen and oxygen atoms in total. The van der Waals surface area contributed by atoms with Crippen LogP contribution in [-0.2, 0) is 4.79 Å². The molecular formula is C15H17NO. The van der Waals surface area contributed by atoms with Gasteiger partial charge in [-0.1, -0.05) is 24.6 Å². The summed E-state index contributed by atoms with van der Waals surface area (Å²) >= 11 is 0. The van der Waals surface area contributed by atoms with Crippen LogP contribution in [0, 0.1) is 17.8 Å². The summed E-state index contributed by atoms with van der Waals surface area (Å²) in [6.45, 7) is 0. The lowest BCUT2D eigenvalue weighted by Crippen LogP contribution is -2.25. The van der Waals surface area contributed by atoms with E-state index in [0.29, 0.717) is 5.92 Å². The Bertz CT molecular complexity index is 482. The quantitative estimate of drug-likeness (QED) is 0.784. The molecule has 2 aliphatic carbocycles. The second-order valence-electron chi connectivity index (χ2n) is 5.89. The van der Waals surface area contributed by atoms with Gasteiger partial charge in [0.25, 0.3) is 0 Å². The van der Waals surface area contributed by atoms with Gasteiger partial charge in [-0.2, -0.15) is 0 Å². The second-order valence-corrected chi connectivity index (χ2v) is 5.89. The lowest BCUT2D eigenvalue weighted by Gasteiger charge is -2.26. The van der Waals surface area contributed by atoms with Gasteiger partial charge in [-0.3, -0.25) is 4.79 Å². The predicted molar refractivity (Wildman–Crippen MR) is 66.8 cm³/mol. The fraction of sp³-hybridized carbons (Fsp3) is 0.533. The van der Waals surface area contributed by atoms with Crippen molar-refractivity contribution < 1.29 is 4.79 Å². The van der Waals surface area contributed by atoms with Crippen LogP contribution in [0.25, 0.3) is 0 Å². The highest BCUT2D eigenvalue weighted by Crippen LogP contribution is 2.55. The molecule has 3 aliphatic rings. The van der Waals surface area contributed by atoms with Crippen molar-refractivity contribution in [2.45, 2.75) is 31.6 Å². The van der Waals surface area contributed by atoms with E-state index in [0.717, 1.165) is 17.5 Å². The highest BCUT2D eigenvalue weighted by atomic mass is 16.2. The van der Waals surface area contributed by atoms with Crippen molar-refractivity contribution in [3.8, 4) is 0 Å². The molecule has 1 heterocycles. The number of fused-ring (bicyclic) bond motifs is 3. The van der Waals surface area contributed by atoms with Crippen molar-refractivity contribution >= 4 is 11.6 Å². The van der Waals surface area contributed by atoms with Gasteiger partial charge in [0.2, 0.25) is 5.91 Å². The summed E-state index contributed by atoms with van der Waals surface area (Å²) < 4.78 is 0. The summed E-state index contributed by atoms with van der Waals surface area (Å²) in [4.78, 5) is 12.2. The SMILES string of the molecule is O=C1Nc2ccccc2C1C1CC2CCC1C2. The van der Waals surface area contributed by atoms with E-state index in [1.54, 1.807) is 0 Å². The Labute approximate surface area is 101 Å². The van der Waals surface area contributed by atoms with Crippen LogP contribution in [0.5, 0.6) is 0 Å². The van der Waals surface area contributed by atoms with Crippen molar-refractivity contribution in [3.05, 3.63) is 29.8 Å². The van der Waals surface area contributed by atoms with Gasteiger partial charge in [0, 0.05) is 5.69 Å². The van der Waals surface area contributed by atoms with Crippen molar-refractivity contribution in [1.29, 1.82) is 0 Å². The maximum Gasteiger partial charge on any atom is 0.232 e. The van der Waals surface area contributed by atoms with E-state index in [9.17, 15) is 4.79 Å². The first-order valence-electron chi connectivity index (χ1n) is 6.72. The monoisotopic (exact) mass is 227 g/mol. The summed E-state index contributed by atoms with van der Waals surface area (Å²) in [6, 6.07) is 8.21. The first-order chi connectivity index (χ1) is 8.33. The zero-order valence-electron chi connectivity index (χ0n) is 9.86. The summed E-state index contributed by atoms with van der Waals surface area (Å²) in [5.74, 6) is 2.70. The number of hydrogen-bond donors (Lipinski definition) is 1. The lowest BCUT2D eigenvalue weighted by atomic mass is 9.77. The molecule has 17 heavy (non-hydrogen) atoms. The molecule has 1 aromatic rings. The van der Waals surface area contributed by atoms with Gasteiger partial charge >= 0.3 is 0 Å². The summed E-state index contributed by atoms with van der Waals surface area (Å²) in [5, 5.41) is 3.04. The van der Waals surface area contributed by atoms with Crippen LogP contribution in [0.1, 0.15) is 37.2 Å². The molecule has 2 heteroatoms. The molecule has 1 aromatic carbocycles. The number of nitrogens with one attached hydrogen (secondary N) is 1. The van der Waals surface area contributed by atoms with Crippen molar-refractivity contribution in [2.75, 3.05) is 5.32 Å². The standard InChI is InChI=1S/C15H17NO/c17-15-14(11-3-1-2-4-13(11)16-15)12-8-9-5-6-10(12)7-9/h1-4,9-10,12,14H,5-8H2,(H,16,17). The third kappa shape index (κ3) is 1.30. The zero-order valence-corrected chi connectivity index (χ0v) is 9.86. The Hall–Kier alpha value is -1.31. The van der Waals surface area contributed by atoms with Gasteiger partial charge in [0.05, 0.1) is 5.92 Å². The number of hydrogen-bond acceptors (Lipinski definition) is 1. The number of para-hydroxylation sites is 1. The zero-order chi connectivity index (χ0) is 11.4. The fourth-order valence-corrected chi connectivity index (χ4v) is 4.36. The average Bonchev–Trinajstić information content (AvgIpc) is 2.99. The molecule has 1 aliphatic heterocycles. The van der Waals surface area contributed by atoms with Gasteiger partial charge in [0.15, 0.2) is 0 Å². The van der Waals surface area contributed by atoms with Crippen LogP contribution in [0.4, 0.5) is 5.69 Å². The minimum atomic E-state index is 0.140. The van der Waals surface area contributed by atoms with Crippen LogP contribution in [0.15, 0.2) is 24.3 Å². The predicted octanol–water partition coefficient (Wildman–Crippen LogP) is 3.16. The molecule has 88 valence electrons. The maximum absolute atomic E-state index is 12.2. The van der Waals surface area contributed by atoms with E-state index >= 15 is 0 Å². The molecule has 1 N–H and O–H groups in total. The Morgan fingerprint density at radius 1 is 1.12 bits per heavy atom. The van der Waals surface area contributed by atoms with E-state index in [1.165, 1.54) is 31.2 Å². The van der Waals surface area contributed by atoms with Crippen LogP contribution in [0.3, 0.4) is 0 Å². The molecule has 2 fully saturated rings. The Morgan fingerprint density at radius 3 is 2.76 bits per heavy atom. The van der Waals surface area contributed by atoms with E-state index < -0.39 is 0 Å². The number of amides is 1. The molecule has 4 atom stereocenters. The second kappa shape index (κ2) is 3.34. The third-order valence-electron chi connectivity index (χ3n) is 5.06. The largest absolute Gasteiger partial charge is 0.325 e. The van der Waals surface area contributed by atoms with Crippen LogP contribution >= 0.6 is 0 Å². The minimum Gasteiger partial charge on any atom is -0.325 e. The third-order valence-corrected chi connectivity index (χ3v) is 5.06.